The molecule has 20 heavy (non-hydrogen) atoms. The van der Waals surface area contributed by atoms with E-state index in [4.69, 9.17) is 4.74 Å². The maximum atomic E-state index is 5.34. The summed E-state index contributed by atoms with van der Waals surface area (Å²) in [5, 5.41) is 3.30. The highest BCUT2D eigenvalue weighted by Gasteiger charge is 2.05. The first-order valence-corrected chi connectivity index (χ1v) is 6.69. The van der Waals surface area contributed by atoms with Crippen LogP contribution in [-0.2, 0) is 6.42 Å². The van der Waals surface area contributed by atoms with E-state index < -0.39 is 0 Å². The number of H-pyrrole nitrogens is 1. The Hall–Kier alpha value is -2.49. The average Bonchev–Trinajstić information content (AvgIpc) is 2.89. The van der Waals surface area contributed by atoms with Gasteiger partial charge in [0.1, 0.15) is 5.75 Å². The van der Waals surface area contributed by atoms with E-state index in [2.05, 4.69) is 28.3 Å². The zero-order chi connectivity index (χ0) is 13.9. The number of aromatic nitrogens is 2. The number of hydrogen-bond acceptors (Lipinski definition) is 3. The number of anilines is 2. The van der Waals surface area contributed by atoms with E-state index in [0.717, 1.165) is 34.8 Å². The van der Waals surface area contributed by atoms with E-state index in [1.807, 2.05) is 36.4 Å². The fourth-order valence-electron chi connectivity index (χ4n) is 2.28. The van der Waals surface area contributed by atoms with Gasteiger partial charge in [0.05, 0.1) is 18.1 Å². The number of fused-ring (bicyclic) bond motifs is 1. The van der Waals surface area contributed by atoms with Gasteiger partial charge in [0.2, 0.25) is 5.95 Å². The summed E-state index contributed by atoms with van der Waals surface area (Å²) >= 11 is 0. The first-order chi connectivity index (χ1) is 9.80. The first-order valence-electron chi connectivity index (χ1n) is 6.69. The maximum Gasteiger partial charge on any atom is 0.205 e. The molecule has 102 valence electrons. The molecule has 0 spiro atoms. The number of nitrogens with zero attached hydrogens (tertiary/aromatic N) is 1. The summed E-state index contributed by atoms with van der Waals surface area (Å²) in [4.78, 5) is 7.76. The van der Waals surface area contributed by atoms with Crippen molar-refractivity contribution in [1.82, 2.24) is 9.97 Å². The fourth-order valence-corrected chi connectivity index (χ4v) is 2.28. The summed E-state index contributed by atoms with van der Waals surface area (Å²) in [7, 11) is 1.70. The lowest BCUT2D eigenvalue weighted by Gasteiger charge is -2.09. The summed E-state index contributed by atoms with van der Waals surface area (Å²) in [5.74, 6) is 1.67. The molecule has 2 N–H and O–H groups in total. The van der Waals surface area contributed by atoms with Crippen LogP contribution in [0.2, 0.25) is 0 Å². The number of para-hydroxylation sites is 2. The monoisotopic (exact) mass is 267 g/mol. The largest absolute Gasteiger partial charge is 0.496 e. The highest BCUT2D eigenvalue weighted by Crippen LogP contribution is 2.25. The van der Waals surface area contributed by atoms with Crippen LogP contribution in [0.25, 0.3) is 11.0 Å². The molecule has 1 heterocycles. The van der Waals surface area contributed by atoms with Gasteiger partial charge < -0.3 is 15.0 Å². The van der Waals surface area contributed by atoms with E-state index >= 15 is 0 Å². The number of hydrogen-bond donors (Lipinski definition) is 2. The number of aromatic amines is 1. The third kappa shape index (κ3) is 2.32. The topological polar surface area (TPSA) is 49.9 Å². The number of rotatable bonds is 4. The Bertz CT molecular complexity index is 700. The predicted molar refractivity (Wildman–Crippen MR) is 81.7 cm³/mol. The van der Waals surface area contributed by atoms with Crippen LogP contribution in [0, 0.1) is 0 Å². The molecule has 4 nitrogen and oxygen atoms in total. The van der Waals surface area contributed by atoms with Gasteiger partial charge in [-0.1, -0.05) is 19.1 Å². The standard InChI is InChI=1S/C16H17N3O/c1-3-11-10-12(8-9-15(11)20-2)17-16-18-13-6-4-5-7-14(13)19-16/h4-10H,3H2,1-2H3,(H2,17,18,19). The van der Waals surface area contributed by atoms with Crippen LogP contribution in [0.4, 0.5) is 11.6 Å². The molecule has 0 bridgehead atoms. The molecule has 3 aromatic rings. The normalized spacial score (nSPS) is 10.7. The molecule has 0 aliphatic rings. The van der Waals surface area contributed by atoms with Crippen molar-refractivity contribution in [3.63, 3.8) is 0 Å². The molecule has 0 atom stereocenters. The van der Waals surface area contributed by atoms with Gasteiger partial charge in [-0.3, -0.25) is 0 Å². The van der Waals surface area contributed by atoms with Crippen LogP contribution in [0.5, 0.6) is 5.75 Å². The Balaban J connectivity index is 1.90. The molecule has 0 amide bonds. The fraction of sp³-hybridized carbons (Fsp3) is 0.188. The van der Waals surface area contributed by atoms with Gasteiger partial charge in [0, 0.05) is 5.69 Å². The molecule has 0 unspecified atom stereocenters. The van der Waals surface area contributed by atoms with Gasteiger partial charge in [-0.2, -0.15) is 0 Å². The molecule has 0 saturated heterocycles. The van der Waals surface area contributed by atoms with Crippen molar-refractivity contribution in [3.8, 4) is 5.75 Å². The predicted octanol–water partition coefficient (Wildman–Crippen LogP) is 3.88. The molecule has 0 aliphatic heterocycles. The number of methoxy groups -OCH3 is 1. The molecule has 1 aromatic heterocycles. The van der Waals surface area contributed by atoms with Gasteiger partial charge in [0.25, 0.3) is 0 Å². The summed E-state index contributed by atoms with van der Waals surface area (Å²) in [5.41, 5.74) is 4.16. The van der Waals surface area contributed by atoms with Crippen molar-refractivity contribution >= 4 is 22.7 Å². The van der Waals surface area contributed by atoms with Crippen molar-refractivity contribution in [2.45, 2.75) is 13.3 Å². The van der Waals surface area contributed by atoms with E-state index in [9.17, 15) is 0 Å². The SMILES string of the molecule is CCc1cc(Nc2nc3ccccc3[nH]2)ccc1OC. The van der Waals surface area contributed by atoms with E-state index in [0.29, 0.717) is 0 Å². The minimum absolute atomic E-state index is 0.749. The van der Waals surface area contributed by atoms with E-state index in [1.54, 1.807) is 7.11 Å². The molecule has 0 radical (unpaired) electrons. The summed E-state index contributed by atoms with van der Waals surface area (Å²) in [6.45, 7) is 2.11. The molecule has 2 aromatic carbocycles. The second-order valence-corrected chi connectivity index (χ2v) is 4.61. The zero-order valence-corrected chi connectivity index (χ0v) is 11.6. The van der Waals surface area contributed by atoms with Crippen LogP contribution in [0.3, 0.4) is 0 Å². The lowest BCUT2D eigenvalue weighted by molar-refractivity contribution is 0.410. The molecular formula is C16H17N3O. The minimum atomic E-state index is 0.749. The molecule has 0 saturated carbocycles. The van der Waals surface area contributed by atoms with Crippen LogP contribution in [0.15, 0.2) is 42.5 Å². The molecular weight excluding hydrogens is 250 g/mol. The maximum absolute atomic E-state index is 5.34. The van der Waals surface area contributed by atoms with E-state index in [-0.39, 0.29) is 0 Å². The number of benzene rings is 2. The number of nitrogens with one attached hydrogen (secondary N) is 2. The Morgan fingerprint density at radius 1 is 1.20 bits per heavy atom. The van der Waals surface area contributed by atoms with Crippen molar-refractivity contribution in [1.29, 1.82) is 0 Å². The molecule has 0 fully saturated rings. The third-order valence-electron chi connectivity index (χ3n) is 3.31. The second kappa shape index (κ2) is 5.25. The highest BCUT2D eigenvalue weighted by molar-refractivity contribution is 5.78. The second-order valence-electron chi connectivity index (χ2n) is 4.61. The minimum Gasteiger partial charge on any atom is -0.496 e. The Morgan fingerprint density at radius 3 is 2.80 bits per heavy atom. The molecule has 4 heteroatoms. The lowest BCUT2D eigenvalue weighted by atomic mass is 10.1. The molecule has 3 rings (SSSR count). The Kier molecular flexibility index (Phi) is 3.29. The summed E-state index contributed by atoms with van der Waals surface area (Å²) < 4.78 is 5.34. The van der Waals surface area contributed by atoms with Crippen molar-refractivity contribution in [2.75, 3.05) is 12.4 Å². The van der Waals surface area contributed by atoms with E-state index in [1.165, 1.54) is 5.56 Å². The number of ether oxygens (including phenoxy) is 1. The summed E-state index contributed by atoms with van der Waals surface area (Å²) in [6.07, 6.45) is 0.929. The average molecular weight is 267 g/mol. The van der Waals surface area contributed by atoms with Crippen LogP contribution in [0.1, 0.15) is 12.5 Å². The van der Waals surface area contributed by atoms with Gasteiger partial charge in [0.15, 0.2) is 0 Å². The van der Waals surface area contributed by atoms with Crippen molar-refractivity contribution in [2.24, 2.45) is 0 Å². The zero-order valence-electron chi connectivity index (χ0n) is 11.6. The quantitative estimate of drug-likeness (QED) is 0.754. The third-order valence-corrected chi connectivity index (χ3v) is 3.31. The highest BCUT2D eigenvalue weighted by atomic mass is 16.5. The number of imidazole rings is 1. The molecule has 0 aliphatic carbocycles. The lowest BCUT2D eigenvalue weighted by Crippen LogP contribution is -1.95. The smallest absolute Gasteiger partial charge is 0.205 e. The Morgan fingerprint density at radius 2 is 2.05 bits per heavy atom. The number of aryl methyl sites for hydroxylation is 1. The van der Waals surface area contributed by atoms with Gasteiger partial charge >= 0.3 is 0 Å². The van der Waals surface area contributed by atoms with Gasteiger partial charge in [-0.05, 0) is 42.3 Å². The van der Waals surface area contributed by atoms with Crippen molar-refractivity contribution in [3.05, 3.63) is 48.0 Å². The van der Waals surface area contributed by atoms with Gasteiger partial charge in [-0.25, -0.2) is 4.98 Å². The Labute approximate surface area is 117 Å². The van der Waals surface area contributed by atoms with Crippen LogP contribution in [-0.4, -0.2) is 17.1 Å². The van der Waals surface area contributed by atoms with Crippen LogP contribution >= 0.6 is 0 Å². The van der Waals surface area contributed by atoms with Crippen molar-refractivity contribution < 1.29 is 4.74 Å². The summed E-state index contributed by atoms with van der Waals surface area (Å²) in [6, 6.07) is 14.0. The first kappa shape index (κ1) is 12.5. The van der Waals surface area contributed by atoms with Gasteiger partial charge in [-0.15, -0.1) is 0 Å². The van der Waals surface area contributed by atoms with Crippen LogP contribution < -0.4 is 10.1 Å².